The number of carbonyl (C=O) groups is 2. The number of rotatable bonds is 4. The summed E-state index contributed by atoms with van der Waals surface area (Å²) in [4.78, 5) is 27.9. The Labute approximate surface area is 161 Å². The highest BCUT2D eigenvalue weighted by molar-refractivity contribution is 6.01. The summed E-state index contributed by atoms with van der Waals surface area (Å²) in [6.45, 7) is 4.76. The number of likely N-dealkylation sites (tertiary alicyclic amines) is 1. The van der Waals surface area contributed by atoms with E-state index in [4.69, 9.17) is 0 Å². The van der Waals surface area contributed by atoms with Gasteiger partial charge in [0.1, 0.15) is 0 Å². The fourth-order valence-corrected chi connectivity index (χ4v) is 4.47. The van der Waals surface area contributed by atoms with Crippen molar-refractivity contribution < 1.29 is 9.59 Å². The molecular weight excluding hydrogens is 338 g/mol. The molecule has 0 bridgehead atoms. The van der Waals surface area contributed by atoms with Crippen LogP contribution in [0, 0.1) is 22.7 Å². The Morgan fingerprint density at radius 3 is 2.33 bits per heavy atom. The molecule has 2 fully saturated rings. The van der Waals surface area contributed by atoms with Crippen molar-refractivity contribution in [2.75, 3.05) is 25.0 Å². The molecule has 2 amide bonds. The molecule has 5 nitrogen and oxygen atoms in total. The van der Waals surface area contributed by atoms with Gasteiger partial charge in [0.25, 0.3) is 5.91 Å². The first-order valence-electron chi connectivity index (χ1n) is 9.71. The van der Waals surface area contributed by atoms with Crippen LogP contribution in [0.4, 0.5) is 5.69 Å². The van der Waals surface area contributed by atoms with Crippen LogP contribution < -0.4 is 4.90 Å². The SMILES string of the molecule is C=CC(=O)N(C)c1ccc(C(=O)N2CCC(C#N)(C3CCCC3)CC2)cc1. The molecule has 1 aliphatic heterocycles. The number of carbonyl (C=O) groups excluding carboxylic acids is 2. The number of nitriles is 1. The summed E-state index contributed by atoms with van der Waals surface area (Å²) in [5, 5.41) is 9.80. The van der Waals surface area contributed by atoms with Crippen LogP contribution in [0.1, 0.15) is 48.9 Å². The quantitative estimate of drug-likeness (QED) is 0.763. The zero-order valence-electron chi connectivity index (χ0n) is 16.0. The van der Waals surface area contributed by atoms with Gasteiger partial charge in [0, 0.05) is 31.4 Å². The summed E-state index contributed by atoms with van der Waals surface area (Å²) in [5.74, 6) is 0.305. The molecule has 2 aliphatic rings. The Kier molecular flexibility index (Phi) is 5.65. The third-order valence-corrected chi connectivity index (χ3v) is 6.31. The number of piperidine rings is 1. The van der Waals surface area contributed by atoms with Crippen LogP contribution in [-0.2, 0) is 4.79 Å². The molecule has 1 aromatic rings. The molecule has 0 radical (unpaired) electrons. The molecule has 1 saturated carbocycles. The van der Waals surface area contributed by atoms with Crippen LogP contribution in [-0.4, -0.2) is 36.9 Å². The monoisotopic (exact) mass is 365 g/mol. The average molecular weight is 365 g/mol. The minimum absolute atomic E-state index is 0.00258. The molecule has 0 spiro atoms. The number of nitrogens with zero attached hydrogens (tertiary/aromatic N) is 3. The third-order valence-electron chi connectivity index (χ3n) is 6.31. The van der Waals surface area contributed by atoms with Gasteiger partial charge in [-0.2, -0.15) is 5.26 Å². The minimum atomic E-state index is -0.245. The highest BCUT2D eigenvalue weighted by atomic mass is 16.2. The predicted octanol–water partition coefficient (Wildman–Crippen LogP) is 3.77. The van der Waals surface area contributed by atoms with E-state index in [0.717, 1.165) is 31.4 Å². The average Bonchev–Trinajstić information content (AvgIpc) is 3.28. The van der Waals surface area contributed by atoms with Crippen molar-refractivity contribution in [1.29, 1.82) is 5.26 Å². The molecule has 1 aliphatic carbocycles. The van der Waals surface area contributed by atoms with E-state index >= 15 is 0 Å². The molecule has 0 unspecified atom stereocenters. The van der Waals surface area contributed by atoms with Crippen molar-refractivity contribution in [3.63, 3.8) is 0 Å². The van der Waals surface area contributed by atoms with E-state index in [9.17, 15) is 14.9 Å². The summed E-state index contributed by atoms with van der Waals surface area (Å²) < 4.78 is 0. The van der Waals surface area contributed by atoms with E-state index in [2.05, 4.69) is 12.6 Å². The standard InChI is InChI=1S/C22H27N3O2/c1-3-20(26)24(2)19-10-8-17(9-11-19)21(27)25-14-12-22(16-23,13-15-25)18-6-4-5-7-18/h3,8-11,18H,1,4-7,12-15H2,2H3. The van der Waals surface area contributed by atoms with Crippen molar-refractivity contribution in [2.24, 2.45) is 11.3 Å². The van der Waals surface area contributed by atoms with Crippen molar-refractivity contribution >= 4 is 17.5 Å². The normalized spacial score (nSPS) is 19.3. The van der Waals surface area contributed by atoms with Crippen LogP contribution >= 0.6 is 0 Å². The van der Waals surface area contributed by atoms with E-state index in [1.807, 2.05) is 4.90 Å². The first kappa shape index (κ1) is 19.2. The Hall–Kier alpha value is -2.61. The van der Waals surface area contributed by atoms with E-state index in [0.29, 0.717) is 24.6 Å². The maximum atomic E-state index is 12.8. The number of amides is 2. The molecule has 1 saturated heterocycles. The molecule has 1 heterocycles. The number of hydrogen-bond donors (Lipinski definition) is 0. The zero-order valence-corrected chi connectivity index (χ0v) is 16.0. The second-order valence-electron chi connectivity index (χ2n) is 7.69. The first-order valence-corrected chi connectivity index (χ1v) is 9.71. The second kappa shape index (κ2) is 7.96. The Morgan fingerprint density at radius 2 is 1.81 bits per heavy atom. The van der Waals surface area contributed by atoms with Crippen molar-refractivity contribution in [3.05, 3.63) is 42.5 Å². The fourth-order valence-electron chi connectivity index (χ4n) is 4.47. The maximum absolute atomic E-state index is 12.8. The lowest BCUT2D eigenvalue weighted by molar-refractivity contribution is -0.113. The minimum Gasteiger partial charge on any atom is -0.339 e. The summed E-state index contributed by atoms with van der Waals surface area (Å²) in [6, 6.07) is 9.68. The molecule has 0 N–H and O–H groups in total. The Bertz CT molecular complexity index is 749. The molecule has 0 atom stereocenters. The van der Waals surface area contributed by atoms with Gasteiger partial charge >= 0.3 is 0 Å². The number of anilines is 1. The Balaban J connectivity index is 1.64. The van der Waals surface area contributed by atoms with Gasteiger partial charge in [-0.3, -0.25) is 9.59 Å². The topological polar surface area (TPSA) is 64.4 Å². The van der Waals surface area contributed by atoms with Crippen LogP contribution in [0.3, 0.4) is 0 Å². The lowest BCUT2D eigenvalue weighted by atomic mass is 9.69. The van der Waals surface area contributed by atoms with Crippen molar-refractivity contribution in [3.8, 4) is 6.07 Å². The number of benzene rings is 1. The van der Waals surface area contributed by atoms with Gasteiger partial charge in [-0.05, 0) is 61.9 Å². The highest BCUT2D eigenvalue weighted by Gasteiger charge is 2.43. The smallest absolute Gasteiger partial charge is 0.253 e. The van der Waals surface area contributed by atoms with Gasteiger partial charge in [0.15, 0.2) is 0 Å². The van der Waals surface area contributed by atoms with E-state index < -0.39 is 0 Å². The van der Waals surface area contributed by atoms with Gasteiger partial charge in [-0.1, -0.05) is 19.4 Å². The van der Waals surface area contributed by atoms with Gasteiger partial charge in [-0.25, -0.2) is 0 Å². The lowest BCUT2D eigenvalue weighted by Gasteiger charge is -2.41. The number of likely N-dealkylation sites (N-methyl/N-ethyl adjacent to an activating group) is 1. The van der Waals surface area contributed by atoms with Crippen LogP contribution in [0.15, 0.2) is 36.9 Å². The number of hydrogen-bond acceptors (Lipinski definition) is 3. The summed E-state index contributed by atoms with van der Waals surface area (Å²) in [6.07, 6.45) is 7.57. The maximum Gasteiger partial charge on any atom is 0.253 e. The third kappa shape index (κ3) is 3.75. The van der Waals surface area contributed by atoms with E-state index in [1.165, 1.54) is 23.8 Å². The first-order chi connectivity index (χ1) is 13.0. The van der Waals surface area contributed by atoms with Crippen LogP contribution in [0.25, 0.3) is 0 Å². The molecular formula is C22H27N3O2. The lowest BCUT2D eigenvalue weighted by Crippen LogP contribution is -2.45. The molecule has 142 valence electrons. The summed E-state index contributed by atoms with van der Waals surface area (Å²) in [5.41, 5.74) is 1.09. The van der Waals surface area contributed by atoms with E-state index in [-0.39, 0.29) is 17.2 Å². The molecule has 5 heteroatoms. The largest absolute Gasteiger partial charge is 0.339 e. The van der Waals surface area contributed by atoms with Crippen molar-refractivity contribution in [1.82, 2.24) is 4.90 Å². The van der Waals surface area contributed by atoms with Crippen molar-refractivity contribution in [2.45, 2.75) is 38.5 Å². The fraction of sp³-hybridized carbons (Fsp3) is 0.500. The summed E-state index contributed by atoms with van der Waals surface area (Å²) in [7, 11) is 1.68. The van der Waals surface area contributed by atoms with E-state index in [1.54, 1.807) is 31.3 Å². The molecule has 3 rings (SSSR count). The van der Waals surface area contributed by atoms with Gasteiger partial charge < -0.3 is 9.80 Å². The summed E-state index contributed by atoms with van der Waals surface area (Å²) >= 11 is 0. The second-order valence-corrected chi connectivity index (χ2v) is 7.69. The molecule has 0 aromatic heterocycles. The van der Waals surface area contributed by atoms with Crippen LogP contribution in [0.5, 0.6) is 0 Å². The van der Waals surface area contributed by atoms with Gasteiger partial charge in [-0.15, -0.1) is 0 Å². The molecule has 27 heavy (non-hydrogen) atoms. The Morgan fingerprint density at radius 1 is 1.22 bits per heavy atom. The highest BCUT2D eigenvalue weighted by Crippen LogP contribution is 2.46. The van der Waals surface area contributed by atoms with Crippen LogP contribution in [0.2, 0.25) is 0 Å². The zero-order chi connectivity index (χ0) is 19.4. The molecule has 1 aromatic carbocycles. The van der Waals surface area contributed by atoms with Gasteiger partial charge in [0.05, 0.1) is 11.5 Å². The predicted molar refractivity (Wildman–Crippen MR) is 105 cm³/mol. The van der Waals surface area contributed by atoms with Gasteiger partial charge in [0.2, 0.25) is 5.91 Å².